The predicted molar refractivity (Wildman–Crippen MR) is 127 cm³/mol. The quantitative estimate of drug-likeness (QED) is 0.260. The van der Waals surface area contributed by atoms with E-state index in [1.165, 1.54) is 12.1 Å². The summed E-state index contributed by atoms with van der Waals surface area (Å²) in [6.07, 6.45) is 2.77. The van der Waals surface area contributed by atoms with Gasteiger partial charge in [0.05, 0.1) is 15.7 Å². The first kappa shape index (κ1) is 28.6. The Balaban J connectivity index is 3.10. The van der Waals surface area contributed by atoms with E-state index in [2.05, 4.69) is 4.85 Å². The Morgan fingerprint density at radius 1 is 0.818 bits per heavy atom. The average Bonchev–Trinajstić information content (AvgIpc) is 2.72. The maximum Gasteiger partial charge on any atom is 0.333 e. The summed E-state index contributed by atoms with van der Waals surface area (Å²) in [5.74, 6) is -1.82. The van der Waals surface area contributed by atoms with E-state index in [1.807, 2.05) is 6.92 Å². The van der Waals surface area contributed by atoms with Crippen LogP contribution in [-0.4, -0.2) is 35.4 Å². The molecule has 0 fully saturated rings. The molecule has 0 aromatic heterocycles. The molecule has 1 aromatic rings. The maximum absolute atomic E-state index is 13.6. The monoisotopic (exact) mass is 479 g/mol. The zero-order valence-corrected chi connectivity index (χ0v) is 21.2. The van der Waals surface area contributed by atoms with Gasteiger partial charge < -0.3 is 10.2 Å². The summed E-state index contributed by atoms with van der Waals surface area (Å²) in [5, 5.41) is 18.6. The number of carbonyl (C=O) groups is 2. The smallest absolute Gasteiger partial charge is 0.333 e. The van der Waals surface area contributed by atoms with Crippen molar-refractivity contribution < 1.29 is 28.2 Å². The van der Waals surface area contributed by atoms with Crippen molar-refractivity contribution in [1.29, 1.82) is 0 Å². The second kappa shape index (κ2) is 11.1. The maximum atomic E-state index is 13.6. The van der Waals surface area contributed by atoms with E-state index in [4.69, 9.17) is 6.57 Å². The minimum absolute atomic E-state index is 0.0980. The lowest BCUT2D eigenvalue weighted by molar-refractivity contribution is -0.148. The highest BCUT2D eigenvalue weighted by Crippen LogP contribution is 2.38. The zero-order chi connectivity index (χ0) is 25.5. The Bertz CT molecular complexity index is 937. The lowest BCUT2D eigenvalue weighted by Gasteiger charge is -2.24. The zero-order valence-electron chi connectivity index (χ0n) is 20.3. The molecule has 0 aliphatic rings. The summed E-state index contributed by atoms with van der Waals surface area (Å²) in [6.45, 7) is 16.2. The fraction of sp³-hybridized carbons (Fsp3) is 0.640. The van der Waals surface area contributed by atoms with Crippen LogP contribution in [0.25, 0.3) is 4.85 Å². The van der Waals surface area contributed by atoms with E-state index in [1.54, 1.807) is 39.8 Å². The van der Waals surface area contributed by atoms with Crippen LogP contribution in [0.3, 0.4) is 0 Å². The third kappa shape index (κ3) is 7.29. The molecule has 0 aliphatic heterocycles. The molecule has 0 unspecified atom stereocenters. The molecule has 0 bridgehead atoms. The number of aliphatic carboxylic acids is 2. The summed E-state index contributed by atoms with van der Waals surface area (Å²) in [5.41, 5.74) is -0.924. The largest absolute Gasteiger partial charge is 0.481 e. The van der Waals surface area contributed by atoms with Gasteiger partial charge in [-0.2, -0.15) is 0 Å². The van der Waals surface area contributed by atoms with E-state index in [0.717, 1.165) is 5.56 Å². The summed E-state index contributed by atoms with van der Waals surface area (Å²) in [7, 11) is -3.98. The summed E-state index contributed by atoms with van der Waals surface area (Å²) >= 11 is 0. The molecule has 0 saturated carbocycles. The number of hydrogen-bond acceptors (Lipinski definition) is 4. The van der Waals surface area contributed by atoms with Crippen LogP contribution in [0.1, 0.15) is 84.6 Å². The summed E-state index contributed by atoms with van der Waals surface area (Å²) < 4.78 is 27.2. The van der Waals surface area contributed by atoms with Crippen molar-refractivity contribution in [2.75, 3.05) is 0 Å². The molecule has 7 nitrogen and oxygen atoms in total. The van der Waals surface area contributed by atoms with Gasteiger partial charge in [-0.25, -0.2) is 15.0 Å². The van der Waals surface area contributed by atoms with Crippen LogP contribution < -0.4 is 0 Å². The van der Waals surface area contributed by atoms with Crippen LogP contribution in [0.15, 0.2) is 29.2 Å². The summed E-state index contributed by atoms with van der Waals surface area (Å²) in [4.78, 5) is 24.8. The Kier molecular flexibility index (Phi) is 9.67. The molecule has 184 valence electrons. The summed E-state index contributed by atoms with van der Waals surface area (Å²) in [6, 6.07) is 6.44. The molecule has 0 heterocycles. The lowest BCUT2D eigenvalue weighted by Crippen LogP contribution is -2.36. The number of sulfone groups is 1. The molecule has 0 saturated heterocycles. The highest BCUT2D eigenvalue weighted by atomic mass is 32.2. The molecule has 0 amide bonds. The van der Waals surface area contributed by atoms with E-state index in [0.29, 0.717) is 38.5 Å². The molecule has 0 radical (unpaired) electrons. The van der Waals surface area contributed by atoms with Crippen LogP contribution in [0.4, 0.5) is 0 Å². The lowest BCUT2D eigenvalue weighted by atomic mass is 9.86. The Hall–Kier alpha value is -2.40. The van der Waals surface area contributed by atoms with Gasteiger partial charge in [-0.1, -0.05) is 30.5 Å². The van der Waals surface area contributed by atoms with E-state index in [9.17, 15) is 28.2 Å². The molecule has 1 rings (SSSR count). The molecular formula is C25H37NO6S. The minimum Gasteiger partial charge on any atom is -0.481 e. The first-order chi connectivity index (χ1) is 15.1. The Morgan fingerprint density at radius 2 is 1.18 bits per heavy atom. The minimum atomic E-state index is -3.98. The fourth-order valence-electron chi connectivity index (χ4n) is 3.65. The van der Waals surface area contributed by atoms with E-state index < -0.39 is 37.5 Å². The van der Waals surface area contributed by atoms with Crippen LogP contribution in [0.5, 0.6) is 0 Å². The fourth-order valence-corrected chi connectivity index (χ4v) is 5.53. The van der Waals surface area contributed by atoms with Crippen molar-refractivity contribution in [3.63, 3.8) is 0 Å². The molecular weight excluding hydrogens is 442 g/mol. The van der Waals surface area contributed by atoms with Crippen molar-refractivity contribution in [3.05, 3.63) is 41.2 Å². The van der Waals surface area contributed by atoms with Gasteiger partial charge in [0.2, 0.25) is 0 Å². The van der Waals surface area contributed by atoms with E-state index in [-0.39, 0.29) is 17.7 Å². The number of hydrogen-bond donors (Lipinski definition) is 2. The molecule has 0 spiro atoms. The van der Waals surface area contributed by atoms with Crippen molar-refractivity contribution in [3.8, 4) is 0 Å². The van der Waals surface area contributed by atoms with Gasteiger partial charge in [0.1, 0.15) is 0 Å². The van der Waals surface area contributed by atoms with Gasteiger partial charge in [-0.05, 0) is 72.4 Å². The number of benzene rings is 1. The van der Waals surface area contributed by atoms with Crippen LogP contribution >= 0.6 is 0 Å². The van der Waals surface area contributed by atoms with Crippen molar-refractivity contribution in [1.82, 2.24) is 0 Å². The first-order valence-electron chi connectivity index (χ1n) is 11.3. The Morgan fingerprint density at radius 3 is 1.52 bits per heavy atom. The number of rotatable bonds is 14. The topological polar surface area (TPSA) is 113 Å². The van der Waals surface area contributed by atoms with Crippen LogP contribution in [0, 0.1) is 24.3 Å². The normalized spacial score (nSPS) is 12.8. The molecule has 8 heteroatoms. The molecule has 1 aromatic carbocycles. The highest BCUT2D eigenvalue weighted by Gasteiger charge is 2.50. The van der Waals surface area contributed by atoms with Crippen LogP contribution in [0.2, 0.25) is 0 Å². The highest BCUT2D eigenvalue weighted by molar-refractivity contribution is 7.93. The van der Waals surface area contributed by atoms with Gasteiger partial charge >= 0.3 is 16.8 Å². The Labute approximate surface area is 198 Å². The average molecular weight is 480 g/mol. The number of unbranched alkanes of at least 4 members (excludes halogenated alkanes) is 2. The number of aryl methyl sites for hydroxylation is 1. The number of nitrogens with zero attached hydrogens (tertiary/aromatic N) is 1. The van der Waals surface area contributed by atoms with Crippen molar-refractivity contribution >= 4 is 21.8 Å². The number of carboxylic acids is 2. The third-order valence-electron chi connectivity index (χ3n) is 6.43. The van der Waals surface area contributed by atoms with Gasteiger partial charge in [-0.15, -0.1) is 0 Å². The van der Waals surface area contributed by atoms with Crippen LogP contribution in [-0.2, 0) is 19.4 Å². The predicted octanol–water partition coefficient (Wildman–Crippen LogP) is 5.73. The second-order valence-electron chi connectivity index (χ2n) is 10.2. The van der Waals surface area contributed by atoms with Gasteiger partial charge in [0.25, 0.3) is 9.84 Å². The first-order valence-corrected chi connectivity index (χ1v) is 12.8. The molecule has 2 N–H and O–H groups in total. The molecule has 33 heavy (non-hydrogen) atoms. The van der Waals surface area contributed by atoms with Gasteiger partial charge in [0, 0.05) is 12.8 Å². The van der Waals surface area contributed by atoms with Gasteiger partial charge in [-0.3, -0.25) is 14.4 Å². The van der Waals surface area contributed by atoms with Crippen molar-refractivity contribution in [2.24, 2.45) is 10.8 Å². The van der Waals surface area contributed by atoms with Gasteiger partial charge in [0.15, 0.2) is 0 Å². The van der Waals surface area contributed by atoms with E-state index >= 15 is 0 Å². The molecule has 0 atom stereocenters. The third-order valence-corrected chi connectivity index (χ3v) is 8.82. The SMILES string of the molecule is [C-]#[N+]C(CCCCC(C)(C)C(=O)O)(CCCCC(C)(C)C(=O)O)S(=O)(=O)c1ccc(C)cc1. The standard InChI is InChI=1S/C25H37NO6S/c1-19-11-13-20(14-12-19)33(31,32)25(26-6,17-9-7-15-23(2,3)21(27)28)18-10-8-16-24(4,5)22(29)30/h11-14H,7-10,15-18H2,1-5H3,(H,27,28)(H,29,30). The number of carboxylic acid groups (broad SMARTS) is 2. The second-order valence-corrected chi connectivity index (χ2v) is 12.4. The van der Waals surface area contributed by atoms with Crippen molar-refractivity contribution in [2.45, 2.75) is 95.8 Å². The molecule has 0 aliphatic carbocycles.